The number of methoxy groups -OCH3 is 1. The number of hydrogen-bond acceptors (Lipinski definition) is 4. The van der Waals surface area contributed by atoms with E-state index in [2.05, 4.69) is 13.2 Å². The highest BCUT2D eigenvalue weighted by atomic mass is 16.5. The number of aliphatic hydroxyl groups excluding tert-OH is 1. The molecule has 0 atom stereocenters. The number of allylic oxidation sites excluding steroid dienone is 3. The number of benzene rings is 1. The summed E-state index contributed by atoms with van der Waals surface area (Å²) < 4.78 is 4.92. The molecule has 0 aliphatic rings. The minimum absolute atomic E-state index is 0.0227. The van der Waals surface area contributed by atoms with Gasteiger partial charge in [0.2, 0.25) is 0 Å². The van der Waals surface area contributed by atoms with Crippen molar-refractivity contribution in [1.29, 1.82) is 0 Å². The molecule has 0 fully saturated rings. The molecule has 4 nitrogen and oxygen atoms in total. The van der Waals surface area contributed by atoms with Crippen LogP contribution in [0.15, 0.2) is 54.8 Å². The molecule has 1 aromatic carbocycles. The largest absolute Gasteiger partial charge is 0.508 e. The van der Waals surface area contributed by atoms with E-state index in [0.717, 1.165) is 0 Å². The van der Waals surface area contributed by atoms with Crippen molar-refractivity contribution in [3.8, 4) is 11.5 Å². The Labute approximate surface area is 105 Å². The lowest BCUT2D eigenvalue weighted by Gasteiger charge is -2.08. The Morgan fingerprint density at radius 3 is 2.56 bits per heavy atom. The van der Waals surface area contributed by atoms with Gasteiger partial charge in [-0.25, -0.2) is 0 Å². The first kappa shape index (κ1) is 13.6. The maximum Gasteiger partial charge on any atom is 0.200 e. The van der Waals surface area contributed by atoms with E-state index >= 15 is 0 Å². The van der Waals surface area contributed by atoms with E-state index in [0.29, 0.717) is 5.75 Å². The van der Waals surface area contributed by atoms with Crippen LogP contribution >= 0.6 is 0 Å². The molecule has 0 saturated carbocycles. The molecule has 0 heterocycles. The molecule has 1 aromatic rings. The van der Waals surface area contributed by atoms with E-state index < -0.39 is 5.78 Å². The van der Waals surface area contributed by atoms with Gasteiger partial charge in [-0.05, 0) is 18.2 Å². The van der Waals surface area contributed by atoms with Crippen LogP contribution in [0, 0.1) is 0 Å². The van der Waals surface area contributed by atoms with Crippen LogP contribution in [0.25, 0.3) is 0 Å². The Hall–Kier alpha value is -2.49. The summed E-state index contributed by atoms with van der Waals surface area (Å²) in [4.78, 5) is 12.1. The Kier molecular flexibility index (Phi) is 4.32. The summed E-state index contributed by atoms with van der Waals surface area (Å²) >= 11 is 0. The number of hydrogen-bond donors (Lipinski definition) is 2. The van der Waals surface area contributed by atoms with E-state index in [1.54, 1.807) is 6.07 Å². The molecule has 18 heavy (non-hydrogen) atoms. The molecule has 2 N–H and O–H groups in total. The van der Waals surface area contributed by atoms with Gasteiger partial charge in [-0.15, -0.1) is 0 Å². The lowest BCUT2D eigenvalue weighted by atomic mass is 10.0. The van der Waals surface area contributed by atoms with E-state index in [9.17, 15) is 15.0 Å². The van der Waals surface area contributed by atoms with Crippen LogP contribution in [-0.2, 0) is 0 Å². The third-order valence-electron chi connectivity index (χ3n) is 2.29. The molecule has 4 heteroatoms. The van der Waals surface area contributed by atoms with Crippen LogP contribution in [0.4, 0.5) is 0 Å². The van der Waals surface area contributed by atoms with Crippen LogP contribution in [0.5, 0.6) is 11.5 Å². The molecule has 0 unspecified atom stereocenters. The zero-order valence-corrected chi connectivity index (χ0v) is 10.0. The van der Waals surface area contributed by atoms with Crippen LogP contribution in [0.1, 0.15) is 10.4 Å². The van der Waals surface area contributed by atoms with Crippen molar-refractivity contribution in [2.75, 3.05) is 7.11 Å². The second-order valence-electron chi connectivity index (χ2n) is 3.47. The maximum atomic E-state index is 12.1. The van der Waals surface area contributed by atoms with Gasteiger partial charge in [-0.1, -0.05) is 19.2 Å². The highest BCUT2D eigenvalue weighted by Gasteiger charge is 2.18. The molecule has 0 saturated heterocycles. The third kappa shape index (κ3) is 2.79. The SMILES string of the molecule is C=C/C=C(\C(=C)O)C(=O)c1ccc(OC)cc1O. The van der Waals surface area contributed by atoms with E-state index in [-0.39, 0.29) is 22.6 Å². The van der Waals surface area contributed by atoms with Gasteiger partial charge >= 0.3 is 0 Å². The third-order valence-corrected chi connectivity index (χ3v) is 2.29. The summed E-state index contributed by atoms with van der Waals surface area (Å²) in [6.07, 6.45) is 2.68. The number of phenols is 1. The van der Waals surface area contributed by atoms with Crippen LogP contribution in [0.3, 0.4) is 0 Å². The minimum Gasteiger partial charge on any atom is -0.508 e. The van der Waals surface area contributed by atoms with Crippen molar-refractivity contribution in [3.05, 3.63) is 60.4 Å². The predicted octanol–water partition coefficient (Wildman–Crippen LogP) is 2.77. The molecule has 0 spiro atoms. The van der Waals surface area contributed by atoms with Gasteiger partial charge in [0.1, 0.15) is 17.3 Å². The second kappa shape index (κ2) is 5.72. The summed E-state index contributed by atoms with van der Waals surface area (Å²) in [5, 5.41) is 19.1. The Balaban J connectivity index is 3.21. The molecule has 1 rings (SSSR count). The van der Waals surface area contributed by atoms with Crippen LogP contribution in [0.2, 0.25) is 0 Å². The molecule has 94 valence electrons. The molecular weight excluding hydrogens is 232 g/mol. The molecule has 0 aliphatic carbocycles. The topological polar surface area (TPSA) is 66.8 Å². The van der Waals surface area contributed by atoms with E-state index in [4.69, 9.17) is 4.74 Å². The number of carbonyl (C=O) groups excluding carboxylic acids is 1. The average molecular weight is 246 g/mol. The average Bonchev–Trinajstić information content (AvgIpc) is 2.34. The summed E-state index contributed by atoms with van der Waals surface area (Å²) in [5.41, 5.74) is 0.0320. The number of Topliss-reactive ketones (excluding diaryl/α,β-unsaturated/α-hetero) is 1. The lowest BCUT2D eigenvalue weighted by molar-refractivity contribution is 0.102. The Morgan fingerprint density at radius 1 is 1.44 bits per heavy atom. The van der Waals surface area contributed by atoms with Gasteiger partial charge in [-0.3, -0.25) is 4.79 Å². The molecule has 0 aliphatic heterocycles. The number of ketones is 1. The van der Waals surface area contributed by atoms with Crippen LogP contribution in [-0.4, -0.2) is 23.1 Å². The zero-order chi connectivity index (χ0) is 13.7. The van der Waals surface area contributed by atoms with Crippen molar-refractivity contribution in [2.45, 2.75) is 0 Å². The Morgan fingerprint density at radius 2 is 2.11 bits per heavy atom. The number of ether oxygens (including phenoxy) is 1. The quantitative estimate of drug-likeness (QED) is 0.363. The van der Waals surface area contributed by atoms with Gasteiger partial charge in [0.05, 0.1) is 18.2 Å². The maximum absolute atomic E-state index is 12.1. The fraction of sp³-hybridized carbons (Fsp3) is 0.0714. The normalized spacial score (nSPS) is 10.8. The first-order chi connectivity index (χ1) is 8.51. The highest BCUT2D eigenvalue weighted by Crippen LogP contribution is 2.26. The van der Waals surface area contributed by atoms with Gasteiger partial charge < -0.3 is 14.9 Å². The monoisotopic (exact) mass is 246 g/mol. The molecule has 0 amide bonds. The summed E-state index contributed by atoms with van der Waals surface area (Å²) in [5.74, 6) is -0.714. The first-order valence-electron chi connectivity index (χ1n) is 5.14. The minimum atomic E-state index is -0.539. The van der Waals surface area contributed by atoms with Gasteiger partial charge in [0.15, 0.2) is 5.78 Å². The zero-order valence-electron chi connectivity index (χ0n) is 10.0. The van der Waals surface area contributed by atoms with E-state index in [1.165, 1.54) is 31.4 Å². The molecule has 0 aromatic heterocycles. The lowest BCUT2D eigenvalue weighted by Crippen LogP contribution is -2.05. The molecule has 0 radical (unpaired) electrons. The number of carbonyl (C=O) groups is 1. The first-order valence-corrected chi connectivity index (χ1v) is 5.14. The number of phenolic OH excluding ortho intramolecular Hbond substituents is 1. The van der Waals surface area contributed by atoms with Crippen molar-refractivity contribution >= 4 is 5.78 Å². The van der Waals surface area contributed by atoms with Crippen molar-refractivity contribution in [1.82, 2.24) is 0 Å². The fourth-order valence-corrected chi connectivity index (χ4v) is 1.40. The summed E-state index contributed by atoms with van der Waals surface area (Å²) in [7, 11) is 1.45. The molecular formula is C14H14O4. The number of rotatable bonds is 5. The van der Waals surface area contributed by atoms with Crippen molar-refractivity contribution in [3.63, 3.8) is 0 Å². The standard InChI is InChI=1S/C14H14O4/c1-4-5-11(9(2)15)14(17)12-7-6-10(18-3)8-13(12)16/h4-8,15-16H,1-2H2,3H3/b11-5+. The predicted molar refractivity (Wildman–Crippen MR) is 69.0 cm³/mol. The van der Waals surface area contributed by atoms with Crippen molar-refractivity contribution < 1.29 is 19.7 Å². The van der Waals surface area contributed by atoms with Crippen LogP contribution < -0.4 is 4.74 Å². The summed E-state index contributed by atoms with van der Waals surface area (Å²) in [6, 6.07) is 4.27. The molecule has 0 bridgehead atoms. The van der Waals surface area contributed by atoms with E-state index in [1.807, 2.05) is 0 Å². The smallest absolute Gasteiger partial charge is 0.200 e. The summed E-state index contributed by atoms with van der Waals surface area (Å²) in [6.45, 7) is 6.74. The highest BCUT2D eigenvalue weighted by molar-refractivity contribution is 6.12. The fourth-order valence-electron chi connectivity index (χ4n) is 1.40. The van der Waals surface area contributed by atoms with Gasteiger partial charge in [0, 0.05) is 6.07 Å². The van der Waals surface area contributed by atoms with Gasteiger partial charge in [-0.2, -0.15) is 0 Å². The number of aromatic hydroxyl groups is 1. The van der Waals surface area contributed by atoms with Crippen molar-refractivity contribution in [2.24, 2.45) is 0 Å². The van der Waals surface area contributed by atoms with Gasteiger partial charge in [0.25, 0.3) is 0 Å². The second-order valence-corrected chi connectivity index (χ2v) is 3.47. The number of aliphatic hydroxyl groups is 1. The Bertz CT molecular complexity index is 527.